The second-order valence-electron chi connectivity index (χ2n) is 15.8. The minimum absolute atomic E-state index is 0.164. The standard InChI is InChI=1S/C40H68O5/c1-13-39(11,38(42)43-28(4)5)25-23-35(41)44-36-31(8)32(9)37-34(33(36)10)22-26-40(12,45-37)24-16-21-30(7)20-15-19-29(6)18-14-17-27(2)3/h27-30H,13-26H2,1-12H3/t29-,30+,39?,40-/m1/s1. The molecule has 0 N–H and O–H groups in total. The lowest BCUT2D eigenvalue weighted by molar-refractivity contribution is -0.160. The SMILES string of the molecule is CCC(C)(CCC(=O)Oc1c(C)c(C)c2c(c1C)CC[C@@](C)(CCC[C@@H](C)CCC[C@H](C)CCCC(C)C)O2)C(=O)OC(C)C. The monoisotopic (exact) mass is 629 g/mol. The number of fused-ring (bicyclic) bond motifs is 1. The van der Waals surface area contributed by atoms with Crippen molar-refractivity contribution in [3.63, 3.8) is 0 Å². The summed E-state index contributed by atoms with van der Waals surface area (Å²) in [4.78, 5) is 25.7. The zero-order valence-electron chi connectivity index (χ0n) is 31.3. The maximum absolute atomic E-state index is 13.0. The van der Waals surface area contributed by atoms with Crippen LogP contribution in [0.4, 0.5) is 0 Å². The van der Waals surface area contributed by atoms with Crippen molar-refractivity contribution < 1.29 is 23.8 Å². The Labute approximate surface area is 276 Å². The minimum Gasteiger partial charge on any atom is -0.487 e. The van der Waals surface area contributed by atoms with Crippen molar-refractivity contribution in [3.8, 4) is 11.5 Å². The molecule has 1 aromatic rings. The first-order valence-corrected chi connectivity index (χ1v) is 18.2. The highest BCUT2D eigenvalue weighted by Crippen LogP contribution is 2.45. The van der Waals surface area contributed by atoms with Gasteiger partial charge in [-0.3, -0.25) is 9.59 Å². The third-order valence-electron chi connectivity index (χ3n) is 10.6. The number of carbonyl (C=O) groups excluding carboxylic acids is 2. The fourth-order valence-corrected chi connectivity index (χ4v) is 6.74. The Bertz CT molecular complexity index is 1100. The summed E-state index contributed by atoms with van der Waals surface area (Å²) >= 11 is 0. The normalized spacial score (nSPS) is 19.1. The minimum atomic E-state index is -0.708. The van der Waals surface area contributed by atoms with Gasteiger partial charge in [-0.25, -0.2) is 0 Å². The van der Waals surface area contributed by atoms with Crippen LogP contribution in [0.2, 0.25) is 0 Å². The Morgan fingerprint density at radius 2 is 1.44 bits per heavy atom. The molecule has 0 fully saturated rings. The topological polar surface area (TPSA) is 61.8 Å². The fraction of sp³-hybridized carbons (Fsp3) is 0.800. The van der Waals surface area contributed by atoms with Crippen LogP contribution in [0.15, 0.2) is 0 Å². The molecule has 1 aliphatic rings. The van der Waals surface area contributed by atoms with Gasteiger partial charge in [-0.2, -0.15) is 0 Å². The van der Waals surface area contributed by atoms with E-state index < -0.39 is 5.41 Å². The Hall–Kier alpha value is -2.04. The van der Waals surface area contributed by atoms with E-state index in [1.807, 2.05) is 41.5 Å². The molecule has 258 valence electrons. The third kappa shape index (κ3) is 11.9. The van der Waals surface area contributed by atoms with Crippen LogP contribution in [-0.2, 0) is 20.7 Å². The van der Waals surface area contributed by atoms with Gasteiger partial charge in [0, 0.05) is 12.0 Å². The molecule has 4 atom stereocenters. The first-order valence-electron chi connectivity index (χ1n) is 18.2. The van der Waals surface area contributed by atoms with E-state index in [9.17, 15) is 9.59 Å². The third-order valence-corrected chi connectivity index (χ3v) is 10.6. The summed E-state index contributed by atoms with van der Waals surface area (Å²) in [6, 6.07) is 0. The van der Waals surface area contributed by atoms with Crippen molar-refractivity contribution in [3.05, 3.63) is 22.3 Å². The molecule has 5 nitrogen and oxygen atoms in total. The predicted octanol–water partition coefficient (Wildman–Crippen LogP) is 11.2. The first-order chi connectivity index (χ1) is 21.0. The van der Waals surface area contributed by atoms with Crippen molar-refractivity contribution in [1.82, 2.24) is 0 Å². The highest BCUT2D eigenvalue weighted by Gasteiger charge is 2.36. The summed E-state index contributed by atoms with van der Waals surface area (Å²) in [5.41, 5.74) is 3.28. The van der Waals surface area contributed by atoms with Crippen molar-refractivity contribution in [2.45, 2.75) is 185 Å². The molecule has 0 saturated heterocycles. The van der Waals surface area contributed by atoms with Gasteiger partial charge in [0.2, 0.25) is 0 Å². The molecule has 1 aromatic carbocycles. The zero-order chi connectivity index (χ0) is 33.9. The van der Waals surface area contributed by atoms with Crippen molar-refractivity contribution in [2.75, 3.05) is 0 Å². The Kier molecular flexibility index (Phi) is 15.4. The van der Waals surface area contributed by atoms with E-state index in [0.717, 1.165) is 65.0 Å². The van der Waals surface area contributed by atoms with Gasteiger partial charge in [0.05, 0.1) is 11.5 Å². The molecule has 0 amide bonds. The molecule has 0 bridgehead atoms. The van der Waals surface area contributed by atoms with Crippen molar-refractivity contribution >= 4 is 11.9 Å². The lowest BCUT2D eigenvalue weighted by atomic mass is 9.82. The maximum atomic E-state index is 13.0. The van der Waals surface area contributed by atoms with Gasteiger partial charge in [0.15, 0.2) is 0 Å². The molecule has 5 heteroatoms. The lowest BCUT2D eigenvalue weighted by Crippen LogP contribution is -2.37. The molecule has 45 heavy (non-hydrogen) atoms. The quantitative estimate of drug-likeness (QED) is 0.113. The average Bonchev–Trinajstić information content (AvgIpc) is 2.96. The summed E-state index contributed by atoms with van der Waals surface area (Å²) in [6.07, 6.45) is 14.5. The number of carbonyl (C=O) groups is 2. The Morgan fingerprint density at radius 1 is 0.867 bits per heavy atom. The van der Waals surface area contributed by atoms with Gasteiger partial charge in [0.1, 0.15) is 17.1 Å². The number of benzene rings is 1. The summed E-state index contributed by atoms with van der Waals surface area (Å²) in [5, 5.41) is 0. The highest BCUT2D eigenvalue weighted by atomic mass is 16.5. The van der Waals surface area contributed by atoms with E-state index in [1.165, 1.54) is 51.4 Å². The van der Waals surface area contributed by atoms with E-state index in [2.05, 4.69) is 41.5 Å². The van der Waals surface area contributed by atoms with Gasteiger partial charge in [-0.15, -0.1) is 0 Å². The van der Waals surface area contributed by atoms with Crippen LogP contribution in [0.1, 0.15) is 168 Å². The zero-order valence-corrected chi connectivity index (χ0v) is 31.3. The maximum Gasteiger partial charge on any atom is 0.312 e. The number of hydrogen-bond acceptors (Lipinski definition) is 5. The van der Waals surface area contributed by atoms with Gasteiger partial charge >= 0.3 is 11.9 Å². The molecular formula is C40H68O5. The number of rotatable bonds is 19. The predicted molar refractivity (Wildman–Crippen MR) is 187 cm³/mol. The van der Waals surface area contributed by atoms with Crippen molar-refractivity contribution in [2.24, 2.45) is 23.2 Å². The van der Waals surface area contributed by atoms with E-state index in [-0.39, 0.29) is 30.1 Å². The number of esters is 2. The molecule has 0 spiro atoms. The van der Waals surface area contributed by atoms with Crippen LogP contribution >= 0.6 is 0 Å². The summed E-state index contributed by atoms with van der Waals surface area (Å²) in [5.74, 6) is 3.49. The summed E-state index contributed by atoms with van der Waals surface area (Å²) in [6.45, 7) is 25.4. The van der Waals surface area contributed by atoms with Gasteiger partial charge < -0.3 is 14.2 Å². The van der Waals surface area contributed by atoms with Crippen molar-refractivity contribution in [1.29, 1.82) is 0 Å². The molecule has 0 radical (unpaired) electrons. The molecule has 1 heterocycles. The first kappa shape index (κ1) is 39.1. The molecule has 2 rings (SSSR count). The van der Waals surface area contributed by atoms with Crippen LogP contribution in [0.5, 0.6) is 11.5 Å². The van der Waals surface area contributed by atoms with Crippen LogP contribution in [-0.4, -0.2) is 23.6 Å². The second-order valence-corrected chi connectivity index (χ2v) is 15.8. The van der Waals surface area contributed by atoms with E-state index >= 15 is 0 Å². The number of hydrogen-bond donors (Lipinski definition) is 0. The second kappa shape index (κ2) is 17.8. The van der Waals surface area contributed by atoms with Crippen LogP contribution in [0, 0.1) is 43.9 Å². The largest absolute Gasteiger partial charge is 0.487 e. The van der Waals surface area contributed by atoms with Gasteiger partial charge in [-0.1, -0.05) is 79.6 Å². The summed E-state index contributed by atoms with van der Waals surface area (Å²) < 4.78 is 18.2. The summed E-state index contributed by atoms with van der Waals surface area (Å²) in [7, 11) is 0. The number of ether oxygens (including phenoxy) is 3. The van der Waals surface area contributed by atoms with Gasteiger partial charge in [-0.05, 0) is 121 Å². The molecule has 0 aliphatic carbocycles. The van der Waals surface area contributed by atoms with Gasteiger partial charge in [0.25, 0.3) is 0 Å². The molecular weight excluding hydrogens is 560 g/mol. The smallest absolute Gasteiger partial charge is 0.312 e. The van der Waals surface area contributed by atoms with E-state index in [0.29, 0.717) is 18.6 Å². The molecule has 0 aromatic heterocycles. The molecule has 0 saturated carbocycles. The Morgan fingerprint density at radius 3 is 2.00 bits per heavy atom. The highest BCUT2D eigenvalue weighted by molar-refractivity contribution is 5.79. The Balaban J connectivity index is 1.93. The van der Waals surface area contributed by atoms with E-state index in [4.69, 9.17) is 14.2 Å². The van der Waals surface area contributed by atoms with E-state index in [1.54, 1.807) is 0 Å². The average molecular weight is 629 g/mol. The van der Waals surface area contributed by atoms with Crippen LogP contribution in [0.25, 0.3) is 0 Å². The fourth-order valence-electron chi connectivity index (χ4n) is 6.74. The van der Waals surface area contributed by atoms with Crippen LogP contribution < -0.4 is 9.47 Å². The van der Waals surface area contributed by atoms with Crippen LogP contribution in [0.3, 0.4) is 0 Å². The molecule has 1 unspecified atom stereocenters. The lowest BCUT2D eigenvalue weighted by Gasteiger charge is -2.38. The molecule has 1 aliphatic heterocycles.